The fourth-order valence-electron chi connectivity index (χ4n) is 1.56. The van der Waals surface area contributed by atoms with Crippen molar-refractivity contribution in [1.82, 2.24) is 4.98 Å². The monoisotopic (exact) mass is 251 g/mol. The minimum absolute atomic E-state index is 0.542. The van der Waals surface area contributed by atoms with E-state index in [0.717, 1.165) is 10.5 Å². The molecule has 4 nitrogen and oxygen atoms in total. The maximum absolute atomic E-state index is 9.80. The quantitative estimate of drug-likeness (QED) is 0.905. The van der Waals surface area contributed by atoms with Gasteiger partial charge >= 0.3 is 0 Å². The topological polar surface area (TPSA) is 55.5 Å². The van der Waals surface area contributed by atoms with Crippen LogP contribution in [-0.2, 0) is 0 Å². The molecule has 0 saturated carbocycles. The number of hydrogen-bond donors (Lipinski definition) is 1. The van der Waals surface area contributed by atoms with Crippen molar-refractivity contribution >= 4 is 11.8 Å². The highest BCUT2D eigenvalue weighted by Gasteiger charge is 2.16. The van der Waals surface area contributed by atoms with Crippen LogP contribution in [0.4, 0.5) is 0 Å². The molecule has 0 amide bonds. The van der Waals surface area contributed by atoms with Crippen LogP contribution < -0.4 is 4.74 Å². The summed E-state index contributed by atoms with van der Waals surface area (Å²) in [7, 11) is 1.58. The predicted octanol–water partition coefficient (Wildman–Crippen LogP) is 2.89. The van der Waals surface area contributed by atoms with Crippen LogP contribution >= 0.6 is 11.8 Å². The van der Waals surface area contributed by atoms with Crippen molar-refractivity contribution < 1.29 is 14.3 Å². The lowest BCUT2D eigenvalue weighted by molar-refractivity contribution is 0.191. The van der Waals surface area contributed by atoms with Gasteiger partial charge in [-0.05, 0) is 30.8 Å². The van der Waals surface area contributed by atoms with E-state index < -0.39 is 6.10 Å². The predicted molar refractivity (Wildman–Crippen MR) is 64.3 cm³/mol. The van der Waals surface area contributed by atoms with Crippen LogP contribution in [0.15, 0.2) is 45.2 Å². The fraction of sp³-hybridized carbons (Fsp3) is 0.250. The molecule has 1 heterocycles. The number of aliphatic hydroxyl groups is 1. The van der Waals surface area contributed by atoms with E-state index in [2.05, 4.69) is 4.98 Å². The first-order valence-electron chi connectivity index (χ1n) is 5.14. The molecule has 0 bridgehead atoms. The number of hydrogen-bond acceptors (Lipinski definition) is 5. The molecule has 1 unspecified atom stereocenters. The van der Waals surface area contributed by atoms with Crippen molar-refractivity contribution in [3.8, 4) is 5.75 Å². The minimum Gasteiger partial charge on any atom is -0.496 e. The van der Waals surface area contributed by atoms with Gasteiger partial charge in [0.05, 0.1) is 19.4 Å². The molecule has 1 atom stereocenters. The molecular weight excluding hydrogens is 238 g/mol. The number of methoxy groups -OCH3 is 1. The largest absolute Gasteiger partial charge is 0.496 e. The minimum atomic E-state index is -0.608. The van der Waals surface area contributed by atoms with Crippen molar-refractivity contribution in [3.05, 3.63) is 36.2 Å². The lowest BCUT2D eigenvalue weighted by Gasteiger charge is -2.14. The Balaban J connectivity index is 2.39. The number of benzene rings is 1. The Morgan fingerprint density at radius 3 is 2.88 bits per heavy atom. The molecular formula is C12H13NO3S. The number of aromatic nitrogens is 1. The van der Waals surface area contributed by atoms with E-state index >= 15 is 0 Å². The summed E-state index contributed by atoms with van der Waals surface area (Å²) in [6.07, 6.45) is 2.50. The zero-order chi connectivity index (χ0) is 12.3. The van der Waals surface area contributed by atoms with Crippen LogP contribution in [0.2, 0.25) is 0 Å². The van der Waals surface area contributed by atoms with Gasteiger partial charge in [-0.25, -0.2) is 4.98 Å². The third kappa shape index (κ3) is 2.62. The van der Waals surface area contributed by atoms with Crippen LogP contribution in [0.1, 0.15) is 18.6 Å². The normalized spacial score (nSPS) is 12.4. The third-order valence-electron chi connectivity index (χ3n) is 2.27. The van der Waals surface area contributed by atoms with Crippen molar-refractivity contribution in [2.24, 2.45) is 0 Å². The van der Waals surface area contributed by atoms with Crippen molar-refractivity contribution in [1.29, 1.82) is 0 Å². The third-order valence-corrected chi connectivity index (χ3v) is 3.22. The summed E-state index contributed by atoms with van der Waals surface area (Å²) in [5.74, 6) is 0.663. The number of aliphatic hydroxyl groups excluding tert-OH is 1. The second-order valence-corrected chi connectivity index (χ2v) is 4.44. The Morgan fingerprint density at radius 1 is 1.47 bits per heavy atom. The molecule has 0 aliphatic carbocycles. The molecule has 0 aliphatic rings. The molecule has 1 aromatic carbocycles. The molecule has 1 N–H and O–H groups in total. The Bertz CT molecular complexity index is 483. The summed E-state index contributed by atoms with van der Waals surface area (Å²) in [6, 6.07) is 5.59. The summed E-state index contributed by atoms with van der Waals surface area (Å²) in [5, 5.41) is 10.3. The number of rotatable bonds is 4. The lowest BCUT2D eigenvalue weighted by Crippen LogP contribution is -1.98. The van der Waals surface area contributed by atoms with Gasteiger partial charge in [-0.2, -0.15) is 0 Å². The van der Waals surface area contributed by atoms with Gasteiger partial charge in [0.1, 0.15) is 12.0 Å². The average molecular weight is 251 g/mol. The molecule has 5 heteroatoms. The highest BCUT2D eigenvalue weighted by molar-refractivity contribution is 7.99. The van der Waals surface area contributed by atoms with Gasteiger partial charge < -0.3 is 14.3 Å². The Hall–Kier alpha value is -1.46. The maximum atomic E-state index is 9.80. The van der Waals surface area contributed by atoms with Crippen molar-refractivity contribution in [3.63, 3.8) is 0 Å². The van der Waals surface area contributed by atoms with E-state index in [0.29, 0.717) is 11.0 Å². The average Bonchev–Trinajstić information content (AvgIpc) is 2.81. The first-order valence-corrected chi connectivity index (χ1v) is 5.96. The highest BCUT2D eigenvalue weighted by atomic mass is 32.2. The number of nitrogens with zero attached hydrogens (tertiary/aromatic N) is 1. The van der Waals surface area contributed by atoms with E-state index in [4.69, 9.17) is 9.15 Å². The second kappa shape index (κ2) is 5.25. The Labute approximate surface area is 104 Å². The number of oxazole rings is 1. The number of ether oxygens (including phenoxy) is 1. The molecule has 17 heavy (non-hydrogen) atoms. The highest BCUT2D eigenvalue weighted by Crippen LogP contribution is 2.37. The van der Waals surface area contributed by atoms with E-state index in [-0.39, 0.29) is 0 Å². The van der Waals surface area contributed by atoms with Gasteiger partial charge in [0, 0.05) is 10.5 Å². The Morgan fingerprint density at radius 2 is 2.29 bits per heavy atom. The van der Waals surface area contributed by atoms with Crippen LogP contribution in [-0.4, -0.2) is 17.2 Å². The Kier molecular flexibility index (Phi) is 3.71. The first-order chi connectivity index (χ1) is 8.22. The summed E-state index contributed by atoms with van der Waals surface area (Å²) in [4.78, 5) is 4.92. The van der Waals surface area contributed by atoms with E-state index in [9.17, 15) is 5.11 Å². The van der Waals surface area contributed by atoms with Crippen LogP contribution in [0.25, 0.3) is 0 Å². The lowest BCUT2D eigenvalue weighted by atomic mass is 10.1. The SMILES string of the molecule is COc1cccc(Sc2ncco2)c1C(C)O. The zero-order valence-electron chi connectivity index (χ0n) is 9.58. The van der Waals surface area contributed by atoms with Crippen molar-refractivity contribution in [2.75, 3.05) is 7.11 Å². The van der Waals surface area contributed by atoms with Crippen LogP contribution in [0.3, 0.4) is 0 Å². The smallest absolute Gasteiger partial charge is 0.260 e. The molecule has 0 spiro atoms. The van der Waals surface area contributed by atoms with E-state index in [1.54, 1.807) is 20.2 Å². The van der Waals surface area contributed by atoms with Crippen molar-refractivity contribution in [2.45, 2.75) is 23.1 Å². The second-order valence-electron chi connectivity index (χ2n) is 3.45. The summed E-state index contributed by atoms with van der Waals surface area (Å²) < 4.78 is 10.4. The van der Waals surface area contributed by atoms with E-state index in [1.807, 2.05) is 18.2 Å². The molecule has 2 rings (SSSR count). The summed E-state index contributed by atoms with van der Waals surface area (Å²) in [5.41, 5.74) is 0.748. The molecule has 0 aliphatic heterocycles. The zero-order valence-corrected chi connectivity index (χ0v) is 10.4. The van der Waals surface area contributed by atoms with Gasteiger partial charge in [-0.1, -0.05) is 6.07 Å². The van der Waals surface area contributed by atoms with E-state index in [1.165, 1.54) is 18.0 Å². The van der Waals surface area contributed by atoms with Gasteiger partial charge in [0.15, 0.2) is 0 Å². The fourth-order valence-corrected chi connectivity index (χ4v) is 2.49. The van der Waals surface area contributed by atoms with Gasteiger partial charge in [0.25, 0.3) is 5.22 Å². The van der Waals surface area contributed by atoms with Gasteiger partial charge in [-0.3, -0.25) is 0 Å². The molecule has 1 aromatic heterocycles. The standard InChI is InChI=1S/C12H13NO3S/c1-8(14)11-9(15-2)4-3-5-10(11)17-12-13-6-7-16-12/h3-8,14H,1-2H3. The molecule has 0 radical (unpaired) electrons. The van der Waals surface area contributed by atoms with Crippen LogP contribution in [0, 0.1) is 0 Å². The molecule has 90 valence electrons. The maximum Gasteiger partial charge on any atom is 0.260 e. The summed E-state index contributed by atoms with van der Waals surface area (Å²) >= 11 is 1.36. The summed E-state index contributed by atoms with van der Waals surface area (Å²) in [6.45, 7) is 1.71. The molecule has 0 fully saturated rings. The van der Waals surface area contributed by atoms with Crippen LogP contribution in [0.5, 0.6) is 5.75 Å². The molecule has 0 saturated heterocycles. The van der Waals surface area contributed by atoms with Gasteiger partial charge in [-0.15, -0.1) is 0 Å². The molecule has 2 aromatic rings. The van der Waals surface area contributed by atoms with Gasteiger partial charge in [0.2, 0.25) is 0 Å². The first kappa shape index (κ1) is 12.0.